The van der Waals surface area contributed by atoms with E-state index >= 15 is 0 Å². The lowest BCUT2D eigenvalue weighted by Crippen LogP contribution is -2.34. The molecule has 1 aliphatic carbocycles. The van der Waals surface area contributed by atoms with E-state index in [1.54, 1.807) is 12.1 Å². The highest BCUT2D eigenvalue weighted by Crippen LogP contribution is 2.43. The number of hydrogen-bond donors (Lipinski definition) is 1. The number of ether oxygens (including phenoxy) is 1. The second-order valence-electron chi connectivity index (χ2n) is 6.70. The molecule has 2 aromatic carbocycles. The minimum absolute atomic E-state index is 0.0216. The van der Waals surface area contributed by atoms with Crippen molar-refractivity contribution in [2.24, 2.45) is 0 Å². The first-order valence-corrected chi connectivity index (χ1v) is 9.85. The van der Waals surface area contributed by atoms with Crippen molar-refractivity contribution in [3.63, 3.8) is 0 Å². The molecule has 0 aliphatic heterocycles. The number of nitrogens with zero attached hydrogens (tertiary/aromatic N) is 1. The molecular weight excluding hydrogens is 379 g/mol. The number of rotatable bonds is 7. The van der Waals surface area contributed by atoms with Gasteiger partial charge in [-0.05, 0) is 48.6 Å². The Balaban J connectivity index is 1.65. The lowest BCUT2D eigenvalue weighted by atomic mass is 10.2. The predicted octanol–water partition coefficient (Wildman–Crippen LogP) is 3.88. The molecule has 3 aromatic rings. The molecule has 1 N–H and O–H groups in total. The van der Waals surface area contributed by atoms with Gasteiger partial charge in [-0.25, -0.2) is 9.18 Å². The molecule has 7 heteroatoms. The van der Waals surface area contributed by atoms with E-state index in [4.69, 9.17) is 4.74 Å². The SMILES string of the molecule is O=c1[nH]c(=O)n(COCc2ccccc2)c(Sc2ccc(F)cc2)c1C1CC1. The molecule has 1 heterocycles. The van der Waals surface area contributed by atoms with Gasteiger partial charge in [0.25, 0.3) is 5.56 Å². The molecule has 0 radical (unpaired) electrons. The second kappa shape index (κ2) is 8.16. The zero-order valence-corrected chi connectivity index (χ0v) is 15.9. The Bertz CT molecular complexity index is 1070. The summed E-state index contributed by atoms with van der Waals surface area (Å²) in [5.41, 5.74) is 0.746. The lowest BCUT2D eigenvalue weighted by Gasteiger charge is -2.16. The van der Waals surface area contributed by atoms with E-state index in [0.29, 0.717) is 17.2 Å². The second-order valence-corrected chi connectivity index (χ2v) is 7.76. The van der Waals surface area contributed by atoms with Gasteiger partial charge in [0, 0.05) is 4.90 Å². The van der Waals surface area contributed by atoms with Crippen LogP contribution in [0.3, 0.4) is 0 Å². The first kappa shape index (κ1) is 18.7. The fourth-order valence-corrected chi connectivity index (χ4v) is 4.08. The Labute approximate surface area is 165 Å². The number of halogens is 1. The van der Waals surface area contributed by atoms with Crippen LogP contribution in [0.5, 0.6) is 0 Å². The van der Waals surface area contributed by atoms with Gasteiger partial charge in [0.05, 0.1) is 17.2 Å². The summed E-state index contributed by atoms with van der Waals surface area (Å²) in [5.74, 6) is -0.186. The molecule has 0 saturated heterocycles. The highest BCUT2D eigenvalue weighted by molar-refractivity contribution is 7.99. The molecule has 0 atom stereocenters. The molecule has 5 nitrogen and oxygen atoms in total. The van der Waals surface area contributed by atoms with E-state index in [0.717, 1.165) is 23.3 Å². The number of aromatic nitrogens is 2. The molecular formula is C21H19FN2O3S. The number of benzene rings is 2. The van der Waals surface area contributed by atoms with Gasteiger partial charge in [0.15, 0.2) is 0 Å². The summed E-state index contributed by atoms with van der Waals surface area (Å²) in [6.45, 7) is 0.375. The fourth-order valence-electron chi connectivity index (χ4n) is 2.97. The van der Waals surface area contributed by atoms with E-state index in [-0.39, 0.29) is 24.0 Å². The monoisotopic (exact) mass is 398 g/mol. The largest absolute Gasteiger partial charge is 0.356 e. The average Bonchev–Trinajstić information content (AvgIpc) is 3.51. The summed E-state index contributed by atoms with van der Waals surface area (Å²) in [6, 6.07) is 15.7. The Morgan fingerprint density at radius 1 is 1.07 bits per heavy atom. The third kappa shape index (κ3) is 4.26. The van der Waals surface area contributed by atoms with Gasteiger partial charge in [-0.3, -0.25) is 14.3 Å². The summed E-state index contributed by atoms with van der Waals surface area (Å²) in [7, 11) is 0. The van der Waals surface area contributed by atoms with Crippen molar-refractivity contribution in [2.45, 2.75) is 42.0 Å². The van der Waals surface area contributed by atoms with Crippen molar-refractivity contribution < 1.29 is 9.13 Å². The maximum absolute atomic E-state index is 13.2. The standard InChI is InChI=1S/C21H19FN2O3S/c22-16-8-10-17(11-9-16)28-20-18(15-6-7-15)19(25)23-21(26)24(20)13-27-12-14-4-2-1-3-5-14/h1-5,8-11,15H,6-7,12-13H2,(H,23,25,26). The van der Waals surface area contributed by atoms with Crippen LogP contribution in [0.1, 0.15) is 29.9 Å². The first-order valence-electron chi connectivity index (χ1n) is 9.04. The van der Waals surface area contributed by atoms with Crippen LogP contribution in [0.4, 0.5) is 4.39 Å². The summed E-state index contributed by atoms with van der Waals surface area (Å²) in [6.07, 6.45) is 1.84. The number of hydrogen-bond acceptors (Lipinski definition) is 4. The molecule has 4 rings (SSSR count). The zero-order valence-electron chi connectivity index (χ0n) is 15.1. The van der Waals surface area contributed by atoms with Gasteiger partial charge >= 0.3 is 5.69 Å². The highest BCUT2D eigenvalue weighted by Gasteiger charge is 2.31. The summed E-state index contributed by atoms with van der Waals surface area (Å²) < 4.78 is 20.4. The highest BCUT2D eigenvalue weighted by atomic mass is 32.2. The smallest absolute Gasteiger partial charge is 0.331 e. The van der Waals surface area contributed by atoms with E-state index in [2.05, 4.69) is 4.98 Å². The van der Waals surface area contributed by atoms with Crippen LogP contribution in [-0.2, 0) is 18.1 Å². The van der Waals surface area contributed by atoms with Crippen molar-refractivity contribution in [3.05, 3.63) is 92.4 Å². The van der Waals surface area contributed by atoms with Crippen LogP contribution >= 0.6 is 11.8 Å². The van der Waals surface area contributed by atoms with Crippen LogP contribution in [0.25, 0.3) is 0 Å². The maximum Gasteiger partial charge on any atom is 0.331 e. The summed E-state index contributed by atoms with van der Waals surface area (Å²) >= 11 is 1.29. The van der Waals surface area contributed by atoms with Gasteiger partial charge in [0.2, 0.25) is 0 Å². The number of H-pyrrole nitrogens is 1. The molecule has 0 spiro atoms. The van der Waals surface area contributed by atoms with Crippen LogP contribution in [0.2, 0.25) is 0 Å². The molecule has 0 bridgehead atoms. The normalized spacial score (nSPS) is 13.6. The lowest BCUT2D eigenvalue weighted by molar-refractivity contribution is 0.0550. The van der Waals surface area contributed by atoms with Gasteiger partial charge in [-0.1, -0.05) is 42.1 Å². The van der Waals surface area contributed by atoms with Gasteiger partial charge in [0.1, 0.15) is 12.5 Å². The summed E-state index contributed by atoms with van der Waals surface area (Å²) in [4.78, 5) is 28.1. The van der Waals surface area contributed by atoms with E-state index in [1.807, 2.05) is 30.3 Å². The third-order valence-corrected chi connectivity index (χ3v) is 5.67. The topological polar surface area (TPSA) is 64.1 Å². The van der Waals surface area contributed by atoms with Crippen molar-refractivity contribution >= 4 is 11.8 Å². The van der Waals surface area contributed by atoms with Gasteiger partial charge in [-0.2, -0.15) is 0 Å². The van der Waals surface area contributed by atoms with Crippen LogP contribution in [0, 0.1) is 5.82 Å². The Morgan fingerprint density at radius 2 is 1.79 bits per heavy atom. The van der Waals surface area contributed by atoms with Crippen LogP contribution in [-0.4, -0.2) is 9.55 Å². The average molecular weight is 398 g/mol. The van der Waals surface area contributed by atoms with E-state index in [1.165, 1.54) is 28.5 Å². The molecule has 28 heavy (non-hydrogen) atoms. The molecule has 144 valence electrons. The molecule has 1 aromatic heterocycles. The Morgan fingerprint density at radius 3 is 2.46 bits per heavy atom. The van der Waals surface area contributed by atoms with Crippen molar-refractivity contribution in [1.29, 1.82) is 0 Å². The van der Waals surface area contributed by atoms with E-state index < -0.39 is 5.69 Å². The molecule has 0 unspecified atom stereocenters. The minimum Gasteiger partial charge on any atom is -0.356 e. The maximum atomic E-state index is 13.2. The quantitative estimate of drug-likeness (QED) is 0.614. The molecule has 1 fully saturated rings. The van der Waals surface area contributed by atoms with Crippen LogP contribution in [0.15, 0.2) is 74.1 Å². The number of aromatic amines is 1. The minimum atomic E-state index is -0.507. The predicted molar refractivity (Wildman–Crippen MR) is 105 cm³/mol. The number of nitrogens with one attached hydrogen (secondary N) is 1. The van der Waals surface area contributed by atoms with Crippen molar-refractivity contribution in [3.8, 4) is 0 Å². The Kier molecular flexibility index (Phi) is 5.45. The molecule has 0 amide bonds. The molecule has 1 aliphatic rings. The zero-order chi connectivity index (χ0) is 19.5. The van der Waals surface area contributed by atoms with Crippen molar-refractivity contribution in [2.75, 3.05) is 0 Å². The summed E-state index contributed by atoms with van der Waals surface area (Å²) in [5, 5.41) is 0.566. The fraction of sp³-hybridized carbons (Fsp3) is 0.238. The first-order chi connectivity index (χ1) is 13.6. The van der Waals surface area contributed by atoms with Gasteiger partial charge < -0.3 is 4.74 Å². The van der Waals surface area contributed by atoms with Gasteiger partial charge in [-0.15, -0.1) is 0 Å². The van der Waals surface area contributed by atoms with Crippen LogP contribution < -0.4 is 11.2 Å². The van der Waals surface area contributed by atoms with Crippen molar-refractivity contribution in [1.82, 2.24) is 9.55 Å². The third-order valence-electron chi connectivity index (χ3n) is 4.53. The molecule has 1 saturated carbocycles. The Hall–Kier alpha value is -2.64. The van der Waals surface area contributed by atoms with E-state index in [9.17, 15) is 14.0 Å².